The molecule has 0 aliphatic rings. The number of carbonyl (C=O) groups excluding carboxylic acids is 1. The van der Waals surface area contributed by atoms with E-state index in [1.807, 2.05) is 0 Å². The van der Waals surface area contributed by atoms with Crippen LogP contribution in [0.2, 0.25) is 0 Å². The van der Waals surface area contributed by atoms with Gasteiger partial charge in [-0.25, -0.2) is 0 Å². The van der Waals surface area contributed by atoms with Crippen LogP contribution in [-0.2, 0) is 4.79 Å². The Hall–Kier alpha value is -0.810. The first-order chi connectivity index (χ1) is 7.95. The molecule has 1 aromatic rings. The molecule has 0 radical (unpaired) electrons. The Labute approximate surface area is 107 Å². The van der Waals surface area contributed by atoms with Crippen LogP contribution in [0.3, 0.4) is 0 Å². The van der Waals surface area contributed by atoms with Crippen LogP contribution in [-0.4, -0.2) is 18.7 Å². The largest absolute Gasteiger partial charge is 0.435 e. The van der Waals surface area contributed by atoms with E-state index in [0.29, 0.717) is 10.5 Å². The Kier molecular flexibility index (Phi) is 5.21. The summed E-state index contributed by atoms with van der Waals surface area (Å²) in [6.07, 6.45) is 1.77. The van der Waals surface area contributed by atoms with Crippen molar-refractivity contribution in [2.75, 3.05) is 6.26 Å². The summed E-state index contributed by atoms with van der Waals surface area (Å²) in [7, 11) is 0. The van der Waals surface area contributed by atoms with Crippen molar-refractivity contribution in [3.63, 3.8) is 0 Å². The fourth-order valence-electron chi connectivity index (χ4n) is 1.30. The molecule has 94 valence electrons. The van der Waals surface area contributed by atoms with Crippen molar-refractivity contribution in [2.24, 2.45) is 0 Å². The van der Waals surface area contributed by atoms with Crippen molar-refractivity contribution in [2.45, 2.75) is 23.8 Å². The van der Waals surface area contributed by atoms with E-state index in [1.165, 1.54) is 36.9 Å². The molecule has 17 heavy (non-hydrogen) atoms. The summed E-state index contributed by atoms with van der Waals surface area (Å²) >= 11 is 7.25. The van der Waals surface area contributed by atoms with E-state index in [0.717, 1.165) is 0 Å². The minimum absolute atomic E-state index is 0.0560. The maximum Gasteiger partial charge on any atom is 0.387 e. The highest BCUT2D eigenvalue weighted by Crippen LogP contribution is 2.33. The first-order valence-corrected chi connectivity index (χ1v) is 6.39. The van der Waals surface area contributed by atoms with E-state index in [1.54, 1.807) is 6.26 Å². The molecule has 0 fully saturated rings. The predicted octanol–water partition coefficient (Wildman–Crippen LogP) is 3.88. The van der Waals surface area contributed by atoms with Crippen LogP contribution >= 0.6 is 23.4 Å². The molecule has 0 N–H and O–H groups in total. The van der Waals surface area contributed by atoms with Gasteiger partial charge in [-0.2, -0.15) is 8.78 Å². The Morgan fingerprint density at radius 3 is 2.59 bits per heavy atom. The fraction of sp³-hybridized carbons (Fsp3) is 0.364. The molecular formula is C11H11ClF2O2S. The number of halogens is 3. The molecule has 1 aromatic carbocycles. The number of benzene rings is 1. The lowest BCUT2D eigenvalue weighted by Crippen LogP contribution is -2.05. The maximum atomic E-state index is 12.0. The monoisotopic (exact) mass is 280 g/mol. The standard InChI is InChI=1S/C11H11ClF2O2S/c1-6(15)10(12)8-4-3-7(16-11(13)14)5-9(8)17-2/h3-5,10-11H,1-2H3. The van der Waals surface area contributed by atoms with E-state index < -0.39 is 12.0 Å². The molecule has 6 heteroatoms. The molecule has 1 rings (SSSR count). The van der Waals surface area contributed by atoms with Crippen LogP contribution in [0, 0.1) is 0 Å². The molecular weight excluding hydrogens is 270 g/mol. The second-order valence-electron chi connectivity index (χ2n) is 3.26. The van der Waals surface area contributed by atoms with Crippen molar-refractivity contribution in [1.82, 2.24) is 0 Å². The Morgan fingerprint density at radius 1 is 1.47 bits per heavy atom. The summed E-state index contributed by atoms with van der Waals surface area (Å²) < 4.78 is 28.3. The van der Waals surface area contributed by atoms with Gasteiger partial charge in [0.15, 0.2) is 5.78 Å². The SMILES string of the molecule is CSc1cc(OC(F)F)ccc1C(Cl)C(C)=O. The highest BCUT2D eigenvalue weighted by atomic mass is 35.5. The molecule has 0 aromatic heterocycles. The zero-order valence-corrected chi connectivity index (χ0v) is 10.8. The average molecular weight is 281 g/mol. The zero-order chi connectivity index (χ0) is 13.0. The minimum Gasteiger partial charge on any atom is -0.435 e. The van der Waals surface area contributed by atoms with Crippen LogP contribution in [0.25, 0.3) is 0 Å². The predicted molar refractivity (Wildman–Crippen MR) is 64.1 cm³/mol. The van der Waals surface area contributed by atoms with Gasteiger partial charge in [0.1, 0.15) is 11.1 Å². The van der Waals surface area contributed by atoms with E-state index >= 15 is 0 Å². The lowest BCUT2D eigenvalue weighted by atomic mass is 10.1. The Bertz CT molecular complexity index is 412. The average Bonchev–Trinajstić information content (AvgIpc) is 2.27. The third-order valence-electron chi connectivity index (χ3n) is 2.06. The molecule has 0 saturated heterocycles. The van der Waals surface area contributed by atoms with Gasteiger partial charge in [-0.05, 0) is 30.9 Å². The number of thioether (sulfide) groups is 1. The van der Waals surface area contributed by atoms with Gasteiger partial charge < -0.3 is 4.74 Å². The second-order valence-corrected chi connectivity index (χ2v) is 4.54. The number of hydrogen-bond acceptors (Lipinski definition) is 3. The third-order valence-corrected chi connectivity index (χ3v) is 3.40. The number of carbonyl (C=O) groups is 1. The van der Waals surface area contributed by atoms with Crippen molar-refractivity contribution in [1.29, 1.82) is 0 Å². The van der Waals surface area contributed by atoms with Gasteiger partial charge in [0, 0.05) is 4.90 Å². The van der Waals surface area contributed by atoms with Gasteiger partial charge in [-0.15, -0.1) is 23.4 Å². The smallest absolute Gasteiger partial charge is 0.387 e. The number of Topliss-reactive ketones (excluding diaryl/α,β-unsaturated/α-hetero) is 1. The summed E-state index contributed by atoms with van der Waals surface area (Å²) in [5, 5.41) is -0.766. The van der Waals surface area contributed by atoms with Gasteiger partial charge >= 0.3 is 6.61 Å². The van der Waals surface area contributed by atoms with E-state index in [-0.39, 0.29) is 11.5 Å². The van der Waals surface area contributed by atoms with E-state index in [4.69, 9.17) is 11.6 Å². The Balaban J connectivity index is 3.05. The van der Waals surface area contributed by atoms with Crippen molar-refractivity contribution in [3.05, 3.63) is 23.8 Å². The van der Waals surface area contributed by atoms with Crippen molar-refractivity contribution in [3.8, 4) is 5.75 Å². The van der Waals surface area contributed by atoms with Crippen LogP contribution in [0.4, 0.5) is 8.78 Å². The molecule has 0 aliphatic carbocycles. The minimum atomic E-state index is -2.87. The molecule has 0 heterocycles. The molecule has 0 amide bonds. The number of ether oxygens (including phenoxy) is 1. The van der Waals surface area contributed by atoms with Crippen LogP contribution < -0.4 is 4.74 Å². The number of ketones is 1. The highest BCUT2D eigenvalue weighted by Gasteiger charge is 2.18. The molecule has 0 bridgehead atoms. The van der Waals surface area contributed by atoms with Gasteiger partial charge in [0.25, 0.3) is 0 Å². The molecule has 0 aliphatic heterocycles. The topological polar surface area (TPSA) is 26.3 Å². The van der Waals surface area contributed by atoms with Gasteiger partial charge in [0.2, 0.25) is 0 Å². The fourth-order valence-corrected chi connectivity index (χ4v) is 2.21. The highest BCUT2D eigenvalue weighted by molar-refractivity contribution is 7.98. The number of alkyl halides is 3. The molecule has 0 saturated carbocycles. The summed E-state index contributed by atoms with van der Waals surface area (Å²) in [6, 6.07) is 4.35. The number of rotatable bonds is 5. The first kappa shape index (κ1) is 14.3. The van der Waals surface area contributed by atoms with Crippen molar-refractivity contribution < 1.29 is 18.3 Å². The summed E-state index contributed by atoms with van der Waals surface area (Å²) in [6.45, 7) is -1.49. The summed E-state index contributed by atoms with van der Waals surface area (Å²) in [4.78, 5) is 11.8. The quantitative estimate of drug-likeness (QED) is 0.605. The van der Waals surface area contributed by atoms with Crippen molar-refractivity contribution >= 4 is 29.1 Å². The summed E-state index contributed by atoms with van der Waals surface area (Å²) in [5.74, 6) is -0.134. The maximum absolute atomic E-state index is 12.0. The molecule has 0 spiro atoms. The number of hydrogen-bond donors (Lipinski definition) is 0. The summed E-state index contributed by atoms with van der Waals surface area (Å²) in [5.41, 5.74) is 0.605. The van der Waals surface area contributed by atoms with E-state index in [9.17, 15) is 13.6 Å². The van der Waals surface area contributed by atoms with Crippen LogP contribution in [0.1, 0.15) is 17.9 Å². The van der Waals surface area contributed by atoms with E-state index in [2.05, 4.69) is 4.74 Å². The Morgan fingerprint density at radius 2 is 2.12 bits per heavy atom. The van der Waals surface area contributed by atoms with Gasteiger partial charge in [0.05, 0.1) is 0 Å². The second kappa shape index (κ2) is 6.21. The molecule has 1 unspecified atom stereocenters. The van der Waals surface area contributed by atoms with Crippen LogP contribution in [0.15, 0.2) is 23.1 Å². The normalized spacial score (nSPS) is 12.6. The third kappa shape index (κ3) is 3.85. The molecule has 1 atom stereocenters. The first-order valence-electron chi connectivity index (χ1n) is 4.73. The van der Waals surface area contributed by atoms with Gasteiger partial charge in [-0.1, -0.05) is 6.07 Å². The lowest BCUT2D eigenvalue weighted by molar-refractivity contribution is -0.116. The molecule has 2 nitrogen and oxygen atoms in total. The van der Waals surface area contributed by atoms with Crippen LogP contribution in [0.5, 0.6) is 5.75 Å². The zero-order valence-electron chi connectivity index (χ0n) is 9.25. The lowest BCUT2D eigenvalue weighted by Gasteiger charge is -2.13. The van der Waals surface area contributed by atoms with Gasteiger partial charge in [-0.3, -0.25) is 4.79 Å².